The van der Waals surface area contributed by atoms with Crippen molar-refractivity contribution in [2.45, 2.75) is 25.3 Å². The molecule has 1 aliphatic heterocycles. The summed E-state index contributed by atoms with van der Waals surface area (Å²) >= 11 is 0. The summed E-state index contributed by atoms with van der Waals surface area (Å²) in [5.41, 5.74) is 0. The molecule has 1 rings (SSSR count). The lowest BCUT2D eigenvalue weighted by atomic mass is 10.1. The molecule has 0 bridgehead atoms. The first-order valence-electron chi connectivity index (χ1n) is 4.40. The lowest BCUT2D eigenvalue weighted by Gasteiger charge is -2.18. The van der Waals surface area contributed by atoms with Crippen LogP contribution in [0.2, 0.25) is 1.41 Å². The second kappa shape index (κ2) is 2.68. The first kappa shape index (κ1) is 3.95. The predicted octanol–water partition coefficient (Wildman–Crippen LogP) is -0.260. The number of piperidine rings is 1. The summed E-state index contributed by atoms with van der Waals surface area (Å²) in [5, 5.41) is 8.71. The molecule has 2 unspecified atom stereocenters. The molecule has 4 heteroatoms. The van der Waals surface area contributed by atoms with Gasteiger partial charge in [0.15, 0.2) is 1.41 Å². The first-order chi connectivity index (χ1) is 5.90. The van der Waals surface area contributed by atoms with Gasteiger partial charge in [-0.05, 0) is 12.8 Å². The molecule has 1 fully saturated rings. The van der Waals surface area contributed by atoms with Gasteiger partial charge in [0.1, 0.15) is 6.02 Å². The number of carboxylic acid groups (broad SMARTS) is 1. The topological polar surface area (TPSA) is 66.4 Å². The van der Waals surface area contributed by atoms with E-state index < -0.39 is 24.3 Å². The van der Waals surface area contributed by atoms with E-state index in [0.717, 1.165) is 0 Å². The van der Waals surface area contributed by atoms with Gasteiger partial charge in [-0.1, -0.05) is 0 Å². The second-order valence-corrected chi connectivity index (χ2v) is 1.94. The van der Waals surface area contributed by atoms with Crippen LogP contribution in [0.5, 0.6) is 0 Å². The summed E-state index contributed by atoms with van der Waals surface area (Å²) in [6.45, 7) is 0. The third kappa shape index (κ3) is 1.46. The van der Waals surface area contributed by atoms with Crippen molar-refractivity contribution in [3.05, 3.63) is 0 Å². The number of amides is 1. The van der Waals surface area contributed by atoms with Gasteiger partial charge in [0, 0.05) is 7.79 Å². The third-order valence-electron chi connectivity index (χ3n) is 1.16. The maximum Gasteiger partial charge on any atom is 0.326 e. The van der Waals surface area contributed by atoms with Gasteiger partial charge in [-0.15, -0.1) is 0 Å². The fourth-order valence-corrected chi connectivity index (χ4v) is 0.703. The minimum absolute atomic E-state index is 0.0179. The van der Waals surface area contributed by atoms with Crippen molar-refractivity contribution in [3.8, 4) is 0 Å². The van der Waals surface area contributed by atoms with E-state index in [1.54, 1.807) is 0 Å². The number of carboxylic acids is 1. The summed E-state index contributed by atoms with van der Waals surface area (Å²) in [5.74, 6) is -2.35. The Kier molecular flexibility index (Phi) is 1.06. The highest BCUT2D eigenvalue weighted by Crippen LogP contribution is 2.07. The van der Waals surface area contributed by atoms with E-state index in [2.05, 4.69) is 0 Å². The standard InChI is InChI=1S/C6H9NO3/c8-5-3-1-2-4(7-5)6(9)10/h4H,1-3H2,(H,7,8)(H,9,10)/i2D,4D/hD. The van der Waals surface area contributed by atoms with Crippen LogP contribution in [0.4, 0.5) is 0 Å². The Morgan fingerprint density at radius 2 is 2.80 bits per heavy atom. The number of carbonyl (C=O) groups excluding carboxylic acids is 1. The highest BCUT2D eigenvalue weighted by Gasteiger charge is 2.23. The van der Waals surface area contributed by atoms with Crippen molar-refractivity contribution in [1.29, 1.82) is 0 Å². The Hall–Kier alpha value is -1.06. The Labute approximate surface area is 62.5 Å². The molecule has 2 atom stereocenters. The monoisotopic (exact) mass is 146 g/mol. The molecule has 0 aliphatic carbocycles. The molecule has 1 saturated heterocycles. The van der Waals surface area contributed by atoms with Crippen molar-refractivity contribution in [3.63, 3.8) is 0 Å². The Morgan fingerprint density at radius 3 is 3.30 bits per heavy atom. The molecular weight excluding hydrogens is 134 g/mol. The number of carbonyl (C=O) groups is 2. The number of aliphatic carboxylic acids is 1. The van der Waals surface area contributed by atoms with Crippen LogP contribution in [-0.2, 0) is 9.59 Å². The average Bonchev–Trinajstić information content (AvgIpc) is 2.08. The Bertz CT molecular complexity index is 260. The van der Waals surface area contributed by atoms with Crippen LogP contribution in [0.3, 0.4) is 0 Å². The smallest absolute Gasteiger partial charge is 0.326 e. The summed E-state index contributed by atoms with van der Waals surface area (Å²) in [6, 6.07) is -2.45. The van der Waals surface area contributed by atoms with Crippen LogP contribution in [0, 0.1) is 0 Å². The van der Waals surface area contributed by atoms with Crippen LogP contribution in [0.25, 0.3) is 0 Å². The van der Waals surface area contributed by atoms with Crippen molar-refractivity contribution < 1.29 is 18.8 Å². The number of hydrogen-bond donors (Lipinski definition) is 2. The molecule has 2 N–H and O–H groups in total. The largest absolute Gasteiger partial charge is 0.480 e. The van der Waals surface area contributed by atoms with Crippen molar-refractivity contribution >= 4 is 11.9 Å². The van der Waals surface area contributed by atoms with Gasteiger partial charge in [0.2, 0.25) is 5.91 Å². The van der Waals surface area contributed by atoms with Crippen LogP contribution in [-0.4, -0.2) is 23.0 Å². The minimum atomic E-state index is -2.45. The Balaban J connectivity index is 3.02. The van der Waals surface area contributed by atoms with Crippen LogP contribution in [0.1, 0.15) is 22.0 Å². The normalized spacial score (nSPS) is 45.6. The molecule has 4 nitrogen and oxygen atoms in total. The molecular formula is C6H9NO3. The van der Waals surface area contributed by atoms with E-state index >= 15 is 0 Å². The molecule has 10 heavy (non-hydrogen) atoms. The molecule has 0 radical (unpaired) electrons. The summed E-state index contributed by atoms with van der Waals surface area (Å²) < 4.78 is 21.7. The third-order valence-corrected chi connectivity index (χ3v) is 1.16. The average molecular weight is 146 g/mol. The highest BCUT2D eigenvalue weighted by atomic mass is 16.4. The zero-order valence-corrected chi connectivity index (χ0v) is 5.20. The molecule has 0 aromatic heterocycles. The van der Waals surface area contributed by atoms with Gasteiger partial charge in [0.25, 0.3) is 0 Å². The van der Waals surface area contributed by atoms with E-state index in [9.17, 15) is 9.59 Å². The molecule has 1 amide bonds. The van der Waals surface area contributed by atoms with Gasteiger partial charge in [-0.2, -0.15) is 0 Å². The van der Waals surface area contributed by atoms with Crippen LogP contribution >= 0.6 is 0 Å². The Morgan fingerprint density at radius 1 is 2.10 bits per heavy atom. The summed E-state index contributed by atoms with van der Waals surface area (Å²) in [4.78, 5) is 21.6. The van der Waals surface area contributed by atoms with Crippen LogP contribution in [0.15, 0.2) is 0 Å². The molecule has 0 aromatic carbocycles. The van der Waals surface area contributed by atoms with Crippen molar-refractivity contribution in [2.24, 2.45) is 0 Å². The number of rotatable bonds is 1. The number of nitrogens with one attached hydrogen (secondary N) is 1. The van der Waals surface area contributed by atoms with Gasteiger partial charge >= 0.3 is 5.97 Å². The quantitative estimate of drug-likeness (QED) is 0.535. The van der Waals surface area contributed by atoms with Crippen LogP contribution < -0.4 is 5.31 Å². The molecule has 1 aliphatic rings. The fourth-order valence-electron chi connectivity index (χ4n) is 0.703. The van der Waals surface area contributed by atoms with Gasteiger partial charge in [0.05, 0.1) is 1.37 Å². The van der Waals surface area contributed by atoms with Gasteiger partial charge in [-0.3, -0.25) is 4.79 Å². The van der Waals surface area contributed by atoms with E-state index in [1.165, 1.54) is 0 Å². The zero-order chi connectivity index (χ0) is 10.2. The molecule has 0 saturated carbocycles. The summed E-state index contributed by atoms with van der Waals surface area (Å²) in [7, 11) is 0. The SMILES string of the molecule is [2H]C1CCC(=O)N([2H])C1([2H])C(=O)O. The minimum Gasteiger partial charge on any atom is -0.480 e. The molecule has 0 spiro atoms. The van der Waals surface area contributed by atoms with E-state index in [0.29, 0.717) is 0 Å². The highest BCUT2D eigenvalue weighted by molar-refractivity contribution is 5.84. The zero-order valence-electron chi connectivity index (χ0n) is 8.20. The van der Waals surface area contributed by atoms with E-state index in [-0.39, 0.29) is 18.2 Å². The lowest BCUT2D eigenvalue weighted by molar-refractivity contribution is -0.143. The van der Waals surface area contributed by atoms with Gasteiger partial charge < -0.3 is 10.4 Å². The predicted molar refractivity (Wildman–Crippen MR) is 33.4 cm³/mol. The maximum atomic E-state index is 10.9. The molecule has 0 aromatic rings. The first-order valence-corrected chi connectivity index (χ1v) is 2.88. The van der Waals surface area contributed by atoms with Crippen molar-refractivity contribution in [1.82, 2.24) is 5.31 Å². The molecule has 56 valence electrons. The molecule has 1 heterocycles. The van der Waals surface area contributed by atoms with Crippen molar-refractivity contribution in [2.75, 3.05) is 0 Å². The fraction of sp³-hybridized carbons (Fsp3) is 0.667. The van der Waals surface area contributed by atoms with Gasteiger partial charge in [-0.25, -0.2) is 4.79 Å². The number of hydrogen-bond acceptors (Lipinski definition) is 2. The maximum absolute atomic E-state index is 10.9. The lowest BCUT2D eigenvalue weighted by Crippen LogP contribution is -2.43. The van der Waals surface area contributed by atoms with E-state index in [4.69, 9.17) is 9.26 Å². The summed E-state index contributed by atoms with van der Waals surface area (Å²) in [6.07, 6.45) is -1.28. The second-order valence-electron chi connectivity index (χ2n) is 1.94. The van der Waals surface area contributed by atoms with E-state index in [1.807, 2.05) is 0 Å².